The first kappa shape index (κ1) is 36.1. The van der Waals surface area contributed by atoms with Crippen LogP contribution < -0.4 is 5.32 Å². The van der Waals surface area contributed by atoms with E-state index in [0.29, 0.717) is 24.9 Å². The normalized spacial score (nSPS) is 14.8. The number of ether oxygens (including phenoxy) is 2. The molecule has 6 rings (SSSR count). The zero-order valence-corrected chi connectivity index (χ0v) is 28.4. The summed E-state index contributed by atoms with van der Waals surface area (Å²) in [5.41, 5.74) is 2.68. The Hall–Kier alpha value is -1.07. The molecule has 9 heteroatoms. The van der Waals surface area contributed by atoms with Gasteiger partial charge in [0, 0.05) is 55.6 Å². The van der Waals surface area contributed by atoms with Gasteiger partial charge in [0.25, 0.3) is 0 Å². The molecule has 0 unspecified atom stereocenters. The van der Waals surface area contributed by atoms with Crippen LogP contribution in [0.25, 0.3) is 0 Å². The highest BCUT2D eigenvalue weighted by Gasteiger charge is 2.34. The number of likely N-dealkylation sites (tertiary alicyclic amines) is 1. The van der Waals surface area contributed by atoms with Crippen LogP contribution in [-0.2, 0) is 22.7 Å². The van der Waals surface area contributed by atoms with Gasteiger partial charge in [0.2, 0.25) is 0 Å². The van der Waals surface area contributed by atoms with Gasteiger partial charge in [-0.2, -0.15) is 0 Å². The number of hydrogen-bond donors (Lipinski definition) is 1. The zero-order chi connectivity index (χ0) is 27.5. The Bertz CT molecular complexity index is 1190. The molecule has 4 nitrogen and oxygen atoms in total. The lowest BCUT2D eigenvalue weighted by Gasteiger charge is -2.44. The van der Waals surface area contributed by atoms with Crippen LogP contribution in [0.2, 0.25) is 0 Å². The fraction of sp³-hybridized carbons (Fsp3) is 0.375. The van der Waals surface area contributed by atoms with Crippen molar-refractivity contribution in [1.29, 1.82) is 0 Å². The number of nitrogens with one attached hydrogen (secondary N) is 1. The van der Waals surface area contributed by atoms with Gasteiger partial charge in [0.1, 0.15) is 0 Å². The molecule has 2 saturated heterocycles. The third-order valence-electron chi connectivity index (χ3n) is 6.38. The van der Waals surface area contributed by atoms with Gasteiger partial charge in [-0.25, -0.2) is 0 Å². The molecule has 0 aliphatic carbocycles. The van der Waals surface area contributed by atoms with Crippen molar-refractivity contribution in [2.24, 2.45) is 0 Å². The Kier molecular flexibility index (Phi) is 17.0. The Morgan fingerprint density at radius 1 is 0.780 bits per heavy atom. The highest BCUT2D eigenvalue weighted by molar-refractivity contribution is 9.10. The number of nitrogens with zero attached hydrogens (tertiary/aromatic N) is 1. The number of benzene rings is 2. The SMILES string of the molecule is Brc1csc(COC2CN(C(c3ccccc3)c3ccccc3)C2)c1.Brc1csc(COC2CNC2)c1.C.CC.Cl. The summed E-state index contributed by atoms with van der Waals surface area (Å²) < 4.78 is 14.0. The van der Waals surface area contributed by atoms with Crippen LogP contribution in [0.3, 0.4) is 0 Å². The molecule has 2 aliphatic heterocycles. The van der Waals surface area contributed by atoms with Crippen molar-refractivity contribution in [1.82, 2.24) is 10.2 Å². The Morgan fingerprint density at radius 2 is 1.22 bits per heavy atom. The lowest BCUT2D eigenvalue weighted by atomic mass is 9.94. The maximum absolute atomic E-state index is 6.08. The third kappa shape index (κ3) is 11.2. The first-order valence-electron chi connectivity index (χ1n) is 13.4. The second kappa shape index (κ2) is 19.3. The van der Waals surface area contributed by atoms with E-state index in [1.54, 1.807) is 22.7 Å². The van der Waals surface area contributed by atoms with Crippen LogP contribution in [0.5, 0.6) is 0 Å². The molecule has 2 fully saturated rings. The van der Waals surface area contributed by atoms with Crippen LogP contribution >= 0.6 is 66.9 Å². The highest BCUT2D eigenvalue weighted by Crippen LogP contribution is 2.33. The minimum Gasteiger partial charge on any atom is -0.370 e. The zero-order valence-electron chi connectivity index (χ0n) is 22.8. The first-order chi connectivity index (χ1) is 19.1. The molecule has 2 aromatic heterocycles. The molecule has 0 radical (unpaired) electrons. The fourth-order valence-corrected chi connectivity index (χ4v) is 7.05. The van der Waals surface area contributed by atoms with Gasteiger partial charge in [-0.3, -0.25) is 4.90 Å². The van der Waals surface area contributed by atoms with Crippen molar-refractivity contribution in [3.63, 3.8) is 0 Å². The largest absolute Gasteiger partial charge is 0.370 e. The molecule has 4 aromatic rings. The second-order valence-corrected chi connectivity index (χ2v) is 13.0. The van der Waals surface area contributed by atoms with Crippen LogP contribution in [-0.4, -0.2) is 43.3 Å². The van der Waals surface area contributed by atoms with Crippen molar-refractivity contribution in [3.05, 3.63) is 113 Å². The molecule has 1 N–H and O–H groups in total. The smallest absolute Gasteiger partial charge is 0.0834 e. The summed E-state index contributed by atoms with van der Waals surface area (Å²) in [7, 11) is 0. The Morgan fingerprint density at radius 3 is 1.59 bits per heavy atom. The highest BCUT2D eigenvalue weighted by atomic mass is 79.9. The van der Waals surface area contributed by atoms with Gasteiger partial charge in [-0.15, -0.1) is 35.1 Å². The number of thiophene rings is 2. The Labute approximate surface area is 277 Å². The topological polar surface area (TPSA) is 33.7 Å². The van der Waals surface area contributed by atoms with Gasteiger partial charge in [0.15, 0.2) is 0 Å². The lowest BCUT2D eigenvalue weighted by molar-refractivity contribution is -0.0733. The van der Waals surface area contributed by atoms with E-state index in [0.717, 1.165) is 41.7 Å². The maximum Gasteiger partial charge on any atom is 0.0834 e. The molecular formula is C32H41Br2ClN2O2S2. The second-order valence-electron chi connectivity index (χ2n) is 9.16. The van der Waals surface area contributed by atoms with Crippen molar-refractivity contribution in [2.75, 3.05) is 26.2 Å². The van der Waals surface area contributed by atoms with Crippen molar-refractivity contribution in [3.8, 4) is 0 Å². The van der Waals surface area contributed by atoms with Crippen LogP contribution in [0.1, 0.15) is 48.2 Å². The molecule has 41 heavy (non-hydrogen) atoms. The molecule has 0 spiro atoms. The van der Waals surface area contributed by atoms with Gasteiger partial charge in [0.05, 0.1) is 31.5 Å². The predicted molar refractivity (Wildman–Crippen MR) is 186 cm³/mol. The quantitative estimate of drug-likeness (QED) is 0.185. The predicted octanol–water partition coefficient (Wildman–Crippen LogP) is 9.58. The van der Waals surface area contributed by atoms with E-state index in [1.165, 1.54) is 20.9 Å². The van der Waals surface area contributed by atoms with E-state index in [4.69, 9.17) is 9.47 Å². The van der Waals surface area contributed by atoms with Gasteiger partial charge >= 0.3 is 0 Å². The van der Waals surface area contributed by atoms with E-state index in [9.17, 15) is 0 Å². The van der Waals surface area contributed by atoms with Crippen molar-refractivity contribution < 1.29 is 9.47 Å². The average molecular weight is 745 g/mol. The van der Waals surface area contributed by atoms with Gasteiger partial charge in [-0.1, -0.05) is 81.9 Å². The maximum atomic E-state index is 6.08. The lowest BCUT2D eigenvalue weighted by Crippen LogP contribution is -2.53. The molecule has 0 bridgehead atoms. The average Bonchev–Trinajstić information content (AvgIpc) is 3.54. The third-order valence-corrected chi connectivity index (χ3v) is 9.72. The van der Waals surface area contributed by atoms with Gasteiger partial charge < -0.3 is 14.8 Å². The summed E-state index contributed by atoms with van der Waals surface area (Å²) in [6.07, 6.45) is 0.752. The standard InChI is InChI=1S/C21H20BrNOS.C8H10BrNOS.C2H6.CH4.ClH/c22-18-11-20(25-15-18)14-24-19-12-23(13-19)21(16-7-3-1-4-8-16)17-9-5-2-6-10-17;9-6-1-8(12-5-6)4-11-7-2-10-3-7;1-2;;/h1-11,15,19,21H,12-14H2;1,5,7,10H,2-4H2;1-2H3;1H4;1H. The molecule has 0 atom stereocenters. The molecule has 4 heterocycles. The van der Waals surface area contributed by atoms with Crippen LogP contribution in [0.15, 0.2) is 92.5 Å². The number of halogens is 3. The molecule has 2 aromatic carbocycles. The molecule has 2 aliphatic rings. The Balaban J connectivity index is 0.000000311. The number of hydrogen-bond acceptors (Lipinski definition) is 6. The van der Waals surface area contributed by atoms with E-state index in [-0.39, 0.29) is 19.8 Å². The first-order valence-corrected chi connectivity index (χ1v) is 16.7. The summed E-state index contributed by atoms with van der Waals surface area (Å²) in [4.78, 5) is 5.06. The molecule has 0 amide bonds. The summed E-state index contributed by atoms with van der Waals surface area (Å²) in [6, 6.07) is 26.0. The van der Waals surface area contributed by atoms with Crippen LogP contribution in [0.4, 0.5) is 0 Å². The minimum atomic E-state index is 0. The van der Waals surface area contributed by atoms with E-state index < -0.39 is 0 Å². The van der Waals surface area contributed by atoms with Gasteiger partial charge in [-0.05, 0) is 55.1 Å². The van der Waals surface area contributed by atoms with Crippen LogP contribution in [0, 0.1) is 0 Å². The number of rotatable bonds is 9. The molecule has 224 valence electrons. The summed E-state index contributed by atoms with van der Waals surface area (Å²) in [6.45, 7) is 9.42. The van der Waals surface area contributed by atoms with Crippen molar-refractivity contribution >= 4 is 66.9 Å². The fourth-order valence-electron chi connectivity index (χ4n) is 4.31. The summed E-state index contributed by atoms with van der Waals surface area (Å²) in [5, 5.41) is 7.36. The molecular weight excluding hydrogens is 704 g/mol. The summed E-state index contributed by atoms with van der Waals surface area (Å²) >= 11 is 10.4. The van der Waals surface area contributed by atoms with E-state index in [1.807, 2.05) is 13.8 Å². The summed E-state index contributed by atoms with van der Waals surface area (Å²) in [5.74, 6) is 0. The molecule has 0 saturated carbocycles. The van der Waals surface area contributed by atoms with E-state index in [2.05, 4.69) is 126 Å². The minimum absolute atomic E-state index is 0. The van der Waals surface area contributed by atoms with Crippen molar-refractivity contribution in [2.45, 2.75) is 52.7 Å². The van der Waals surface area contributed by atoms with E-state index >= 15 is 0 Å². The monoisotopic (exact) mass is 742 g/mol.